The molecule has 1 N–H and O–H groups in total. The Hall–Kier alpha value is -1.82. The molecular formula is C14H19N3O3. The van der Waals surface area contributed by atoms with Crippen molar-refractivity contribution in [2.45, 2.75) is 32.0 Å². The molecule has 3 rings (SSSR count). The standard InChI is InChI=1S/C14H19N3O3/c1-16-6-7-17(14(19)13(16)18)9-12-5-4-11(20-12)8-15-10-2-3-10/h4-5,10,15H,2-3,6-9H2,1H3. The van der Waals surface area contributed by atoms with Crippen LogP contribution in [0, 0.1) is 0 Å². The summed E-state index contributed by atoms with van der Waals surface area (Å²) in [6.45, 7) is 2.21. The van der Waals surface area contributed by atoms with Crippen molar-refractivity contribution in [2.75, 3.05) is 20.1 Å². The molecule has 108 valence electrons. The van der Waals surface area contributed by atoms with Gasteiger partial charge in [-0.2, -0.15) is 0 Å². The lowest BCUT2D eigenvalue weighted by Gasteiger charge is -2.30. The van der Waals surface area contributed by atoms with Crippen LogP contribution in [0.15, 0.2) is 16.5 Å². The molecule has 0 unspecified atom stereocenters. The lowest BCUT2D eigenvalue weighted by Crippen LogP contribution is -2.52. The van der Waals surface area contributed by atoms with Gasteiger partial charge in [0, 0.05) is 26.2 Å². The largest absolute Gasteiger partial charge is 0.463 e. The van der Waals surface area contributed by atoms with Crippen molar-refractivity contribution in [3.8, 4) is 0 Å². The number of hydrogen-bond acceptors (Lipinski definition) is 4. The minimum absolute atomic E-state index is 0.363. The summed E-state index contributed by atoms with van der Waals surface area (Å²) >= 11 is 0. The van der Waals surface area contributed by atoms with Crippen molar-refractivity contribution in [2.24, 2.45) is 0 Å². The molecule has 1 aliphatic heterocycles. The van der Waals surface area contributed by atoms with Crippen LogP contribution in [-0.4, -0.2) is 47.8 Å². The maximum absolute atomic E-state index is 11.9. The van der Waals surface area contributed by atoms with E-state index in [1.165, 1.54) is 17.7 Å². The van der Waals surface area contributed by atoms with Gasteiger partial charge >= 0.3 is 11.8 Å². The van der Waals surface area contributed by atoms with Gasteiger partial charge in [-0.05, 0) is 25.0 Å². The zero-order chi connectivity index (χ0) is 14.1. The molecule has 6 heteroatoms. The highest BCUT2D eigenvalue weighted by molar-refractivity contribution is 6.35. The number of rotatable bonds is 5. The maximum Gasteiger partial charge on any atom is 0.312 e. The van der Waals surface area contributed by atoms with Gasteiger partial charge in [0.25, 0.3) is 0 Å². The fraction of sp³-hybridized carbons (Fsp3) is 0.571. The Morgan fingerprint density at radius 3 is 2.70 bits per heavy atom. The second-order valence-corrected chi connectivity index (χ2v) is 5.48. The second-order valence-electron chi connectivity index (χ2n) is 5.48. The molecule has 6 nitrogen and oxygen atoms in total. The Kier molecular flexibility index (Phi) is 3.48. The molecule has 2 heterocycles. The molecule has 20 heavy (non-hydrogen) atoms. The number of nitrogens with zero attached hydrogens (tertiary/aromatic N) is 2. The summed E-state index contributed by atoms with van der Waals surface area (Å²) in [5, 5.41) is 3.38. The molecule has 1 saturated heterocycles. The first-order valence-corrected chi connectivity index (χ1v) is 6.99. The van der Waals surface area contributed by atoms with Gasteiger partial charge in [0.2, 0.25) is 0 Å². The molecule has 0 atom stereocenters. The van der Waals surface area contributed by atoms with Crippen molar-refractivity contribution in [1.82, 2.24) is 15.1 Å². The molecule has 0 spiro atoms. The third-order valence-corrected chi connectivity index (χ3v) is 3.73. The Bertz CT molecular complexity index is 521. The second kappa shape index (κ2) is 5.28. The molecule has 0 radical (unpaired) electrons. The highest BCUT2D eigenvalue weighted by atomic mass is 16.3. The first-order chi connectivity index (χ1) is 9.63. The third kappa shape index (κ3) is 2.85. The summed E-state index contributed by atoms with van der Waals surface area (Å²) in [7, 11) is 1.64. The highest BCUT2D eigenvalue weighted by Gasteiger charge is 2.30. The van der Waals surface area contributed by atoms with Crippen LogP contribution in [0.5, 0.6) is 0 Å². The summed E-state index contributed by atoms with van der Waals surface area (Å²) in [6.07, 6.45) is 2.48. The van der Waals surface area contributed by atoms with Crippen molar-refractivity contribution in [3.63, 3.8) is 0 Å². The van der Waals surface area contributed by atoms with E-state index >= 15 is 0 Å². The lowest BCUT2D eigenvalue weighted by atomic mass is 10.3. The van der Waals surface area contributed by atoms with E-state index in [0.717, 1.165) is 18.1 Å². The zero-order valence-electron chi connectivity index (χ0n) is 11.6. The van der Waals surface area contributed by atoms with Crippen LogP contribution in [0.3, 0.4) is 0 Å². The van der Waals surface area contributed by atoms with Gasteiger partial charge in [-0.1, -0.05) is 0 Å². The normalized spacial score (nSPS) is 19.9. The van der Waals surface area contributed by atoms with Crippen molar-refractivity contribution in [1.29, 1.82) is 0 Å². The first kappa shape index (κ1) is 13.2. The number of carbonyl (C=O) groups is 2. The van der Waals surface area contributed by atoms with E-state index in [1.807, 2.05) is 12.1 Å². The average molecular weight is 277 g/mol. The Balaban J connectivity index is 1.56. The molecule has 0 bridgehead atoms. The van der Waals surface area contributed by atoms with Gasteiger partial charge in [0.05, 0.1) is 13.1 Å². The number of piperazine rings is 1. The van der Waals surface area contributed by atoms with E-state index < -0.39 is 11.8 Å². The molecule has 1 saturated carbocycles. The fourth-order valence-electron chi connectivity index (χ4n) is 2.25. The molecular weight excluding hydrogens is 258 g/mol. The Morgan fingerprint density at radius 1 is 1.20 bits per heavy atom. The van der Waals surface area contributed by atoms with Crippen LogP contribution in [0.4, 0.5) is 0 Å². The number of likely N-dealkylation sites (N-methyl/N-ethyl adjacent to an activating group) is 1. The summed E-state index contributed by atoms with van der Waals surface area (Å²) in [4.78, 5) is 26.5. The molecule has 0 aromatic carbocycles. The molecule has 1 aromatic rings. The predicted molar refractivity (Wildman–Crippen MR) is 71.6 cm³/mol. The zero-order valence-corrected chi connectivity index (χ0v) is 11.6. The van der Waals surface area contributed by atoms with Crippen LogP contribution >= 0.6 is 0 Å². The minimum atomic E-state index is -0.451. The first-order valence-electron chi connectivity index (χ1n) is 6.99. The topological polar surface area (TPSA) is 65.8 Å². The van der Waals surface area contributed by atoms with E-state index in [4.69, 9.17) is 4.42 Å². The molecule has 2 aliphatic rings. The van der Waals surface area contributed by atoms with E-state index in [-0.39, 0.29) is 0 Å². The van der Waals surface area contributed by atoms with Crippen LogP contribution in [0.25, 0.3) is 0 Å². The SMILES string of the molecule is CN1CCN(Cc2ccc(CNC3CC3)o2)C(=O)C1=O. The number of carbonyl (C=O) groups excluding carboxylic acids is 2. The van der Waals surface area contributed by atoms with Crippen LogP contribution < -0.4 is 5.32 Å². The highest BCUT2D eigenvalue weighted by Crippen LogP contribution is 2.20. The number of amides is 2. The molecule has 2 amide bonds. The predicted octanol–water partition coefficient (Wildman–Crippen LogP) is 0.332. The van der Waals surface area contributed by atoms with E-state index in [0.29, 0.717) is 25.7 Å². The number of furan rings is 1. The van der Waals surface area contributed by atoms with Crippen LogP contribution in [-0.2, 0) is 22.7 Å². The van der Waals surface area contributed by atoms with Gasteiger partial charge in [-0.3, -0.25) is 9.59 Å². The van der Waals surface area contributed by atoms with E-state index in [2.05, 4.69) is 5.32 Å². The summed E-state index contributed by atoms with van der Waals surface area (Å²) < 4.78 is 5.69. The van der Waals surface area contributed by atoms with E-state index in [1.54, 1.807) is 11.9 Å². The van der Waals surface area contributed by atoms with Crippen LogP contribution in [0.1, 0.15) is 24.4 Å². The quantitative estimate of drug-likeness (QED) is 0.788. The van der Waals surface area contributed by atoms with Crippen molar-refractivity contribution in [3.05, 3.63) is 23.7 Å². The molecule has 1 aromatic heterocycles. The summed E-state index contributed by atoms with van der Waals surface area (Å²) in [5.41, 5.74) is 0. The maximum atomic E-state index is 11.9. The molecule has 2 fully saturated rings. The van der Waals surface area contributed by atoms with Gasteiger partial charge < -0.3 is 19.5 Å². The molecule has 1 aliphatic carbocycles. The third-order valence-electron chi connectivity index (χ3n) is 3.73. The van der Waals surface area contributed by atoms with Crippen molar-refractivity contribution >= 4 is 11.8 Å². The van der Waals surface area contributed by atoms with Gasteiger partial charge in [0.1, 0.15) is 11.5 Å². The van der Waals surface area contributed by atoms with E-state index in [9.17, 15) is 9.59 Å². The number of hydrogen-bond donors (Lipinski definition) is 1. The minimum Gasteiger partial charge on any atom is -0.463 e. The fourth-order valence-corrected chi connectivity index (χ4v) is 2.25. The monoisotopic (exact) mass is 277 g/mol. The van der Waals surface area contributed by atoms with Crippen LogP contribution in [0.2, 0.25) is 0 Å². The summed E-state index contributed by atoms with van der Waals surface area (Å²) in [5.74, 6) is 0.703. The van der Waals surface area contributed by atoms with Gasteiger partial charge in [-0.25, -0.2) is 0 Å². The lowest BCUT2D eigenvalue weighted by molar-refractivity contribution is -0.155. The Morgan fingerprint density at radius 2 is 1.95 bits per heavy atom. The average Bonchev–Trinajstić information content (AvgIpc) is 3.17. The Labute approximate surface area is 117 Å². The summed E-state index contributed by atoms with van der Waals surface area (Å²) in [6, 6.07) is 4.44. The van der Waals surface area contributed by atoms with Gasteiger partial charge in [0.15, 0.2) is 0 Å². The van der Waals surface area contributed by atoms with Gasteiger partial charge in [-0.15, -0.1) is 0 Å². The van der Waals surface area contributed by atoms with Crippen molar-refractivity contribution < 1.29 is 14.0 Å². The smallest absolute Gasteiger partial charge is 0.312 e. The number of nitrogens with one attached hydrogen (secondary N) is 1.